The maximum Gasteiger partial charge on any atom is 0.407 e. The summed E-state index contributed by atoms with van der Waals surface area (Å²) in [5.41, 5.74) is 0. The molecular weight excluding hydrogens is 352 g/mol. The standard InChI is InChI=1S/C23H46N2O3/c1-3-4-5-6-7-8-9-10-11-12-13-14-15-16-17-18-22(24-2)21-25(19-20-26)23(27)28/h20,22,24H,3-19,21H2,1-2H3,(H,27,28). The van der Waals surface area contributed by atoms with Crippen LogP contribution in [-0.2, 0) is 4.79 Å². The van der Waals surface area contributed by atoms with Crippen molar-refractivity contribution in [1.82, 2.24) is 10.2 Å². The monoisotopic (exact) mass is 398 g/mol. The highest BCUT2D eigenvalue weighted by Gasteiger charge is 2.16. The van der Waals surface area contributed by atoms with E-state index in [-0.39, 0.29) is 12.6 Å². The molecule has 28 heavy (non-hydrogen) atoms. The van der Waals surface area contributed by atoms with Crippen LogP contribution in [0.25, 0.3) is 0 Å². The molecule has 0 radical (unpaired) electrons. The Bertz CT molecular complexity index is 364. The predicted molar refractivity (Wildman–Crippen MR) is 118 cm³/mol. The van der Waals surface area contributed by atoms with E-state index in [0.29, 0.717) is 12.8 Å². The Morgan fingerprint density at radius 1 is 0.857 bits per heavy atom. The van der Waals surface area contributed by atoms with E-state index in [4.69, 9.17) is 5.11 Å². The molecule has 0 aliphatic heterocycles. The molecule has 0 aromatic carbocycles. The number of amides is 1. The van der Waals surface area contributed by atoms with Crippen LogP contribution in [0.15, 0.2) is 0 Å². The first-order valence-corrected chi connectivity index (χ1v) is 11.7. The summed E-state index contributed by atoms with van der Waals surface area (Å²) < 4.78 is 0. The number of nitrogens with zero attached hydrogens (tertiary/aromatic N) is 1. The molecule has 0 fully saturated rings. The summed E-state index contributed by atoms with van der Waals surface area (Å²) in [6, 6.07) is 0.123. The summed E-state index contributed by atoms with van der Waals surface area (Å²) in [6.07, 6.45) is 20.8. The normalized spacial score (nSPS) is 12.1. The second-order valence-corrected chi connectivity index (χ2v) is 8.08. The molecule has 5 heteroatoms. The van der Waals surface area contributed by atoms with Crippen LogP contribution in [0.3, 0.4) is 0 Å². The quantitative estimate of drug-likeness (QED) is 0.183. The Balaban J connectivity index is 3.45. The lowest BCUT2D eigenvalue weighted by Gasteiger charge is -2.23. The molecular formula is C23H46N2O3. The second-order valence-electron chi connectivity index (χ2n) is 8.08. The Morgan fingerprint density at radius 3 is 1.64 bits per heavy atom. The lowest BCUT2D eigenvalue weighted by atomic mass is 10.0. The lowest BCUT2D eigenvalue weighted by Crippen LogP contribution is -2.42. The van der Waals surface area contributed by atoms with Crippen molar-refractivity contribution in [2.75, 3.05) is 20.1 Å². The molecule has 0 saturated carbocycles. The molecule has 0 aliphatic carbocycles. The predicted octanol–water partition coefficient (Wildman–Crippen LogP) is 6.01. The minimum atomic E-state index is -1.02. The van der Waals surface area contributed by atoms with Crippen LogP contribution in [0.4, 0.5) is 4.79 Å². The molecule has 0 bridgehead atoms. The van der Waals surface area contributed by atoms with Crippen LogP contribution < -0.4 is 5.32 Å². The Hall–Kier alpha value is -1.10. The van der Waals surface area contributed by atoms with Gasteiger partial charge in [0.05, 0.1) is 6.54 Å². The number of nitrogens with one attached hydrogen (secondary N) is 1. The van der Waals surface area contributed by atoms with Crippen molar-refractivity contribution in [3.8, 4) is 0 Å². The Morgan fingerprint density at radius 2 is 1.29 bits per heavy atom. The summed E-state index contributed by atoms with van der Waals surface area (Å²) in [7, 11) is 1.86. The van der Waals surface area contributed by atoms with Gasteiger partial charge in [0.15, 0.2) is 0 Å². The molecule has 2 N–H and O–H groups in total. The molecule has 0 heterocycles. The maximum absolute atomic E-state index is 11.1. The molecule has 0 saturated heterocycles. The van der Waals surface area contributed by atoms with Crippen molar-refractivity contribution in [1.29, 1.82) is 0 Å². The van der Waals surface area contributed by atoms with E-state index in [1.807, 2.05) is 7.05 Å². The highest BCUT2D eigenvalue weighted by molar-refractivity contribution is 5.69. The largest absolute Gasteiger partial charge is 0.465 e. The minimum absolute atomic E-state index is 0.0492. The van der Waals surface area contributed by atoms with Crippen LogP contribution in [0.5, 0.6) is 0 Å². The van der Waals surface area contributed by atoms with E-state index in [1.165, 1.54) is 94.8 Å². The van der Waals surface area contributed by atoms with Crippen LogP contribution in [0.2, 0.25) is 0 Å². The van der Waals surface area contributed by atoms with Crippen molar-refractivity contribution >= 4 is 12.4 Å². The molecule has 1 amide bonds. The topological polar surface area (TPSA) is 69.6 Å². The van der Waals surface area contributed by atoms with Gasteiger partial charge in [-0.1, -0.05) is 103 Å². The Labute approximate surface area is 173 Å². The summed E-state index contributed by atoms with van der Waals surface area (Å²) >= 11 is 0. The first-order chi connectivity index (χ1) is 13.7. The average molecular weight is 399 g/mol. The zero-order valence-corrected chi connectivity index (χ0v) is 18.6. The summed E-state index contributed by atoms with van der Waals surface area (Å²) in [6.45, 7) is 2.60. The number of aldehydes is 1. The fourth-order valence-electron chi connectivity index (χ4n) is 3.68. The zero-order valence-electron chi connectivity index (χ0n) is 18.6. The number of hydrogen-bond acceptors (Lipinski definition) is 3. The molecule has 0 aromatic heterocycles. The van der Waals surface area contributed by atoms with Gasteiger partial charge in [0.1, 0.15) is 6.29 Å². The van der Waals surface area contributed by atoms with E-state index < -0.39 is 6.09 Å². The smallest absolute Gasteiger partial charge is 0.407 e. The van der Waals surface area contributed by atoms with Crippen molar-refractivity contribution in [3.63, 3.8) is 0 Å². The van der Waals surface area contributed by atoms with Gasteiger partial charge >= 0.3 is 6.09 Å². The van der Waals surface area contributed by atoms with Gasteiger partial charge in [-0.15, -0.1) is 0 Å². The molecule has 5 nitrogen and oxygen atoms in total. The van der Waals surface area contributed by atoms with Gasteiger partial charge in [-0.25, -0.2) is 4.79 Å². The third-order valence-corrected chi connectivity index (χ3v) is 5.57. The van der Waals surface area contributed by atoms with Crippen LogP contribution in [0.1, 0.15) is 110 Å². The van der Waals surface area contributed by atoms with Gasteiger partial charge in [0.2, 0.25) is 0 Å². The van der Waals surface area contributed by atoms with E-state index in [9.17, 15) is 9.59 Å². The van der Waals surface area contributed by atoms with Crippen molar-refractivity contribution in [2.24, 2.45) is 0 Å². The van der Waals surface area contributed by atoms with E-state index in [1.54, 1.807) is 0 Å². The van der Waals surface area contributed by atoms with Gasteiger partial charge in [-0.3, -0.25) is 4.90 Å². The van der Waals surface area contributed by atoms with E-state index in [2.05, 4.69) is 12.2 Å². The first-order valence-electron chi connectivity index (χ1n) is 11.7. The summed E-state index contributed by atoms with van der Waals surface area (Å²) in [5, 5.41) is 12.3. The number of carboxylic acid groups (broad SMARTS) is 1. The van der Waals surface area contributed by atoms with Crippen LogP contribution in [-0.4, -0.2) is 48.6 Å². The molecule has 0 aromatic rings. The number of carbonyl (C=O) groups is 2. The highest BCUT2D eigenvalue weighted by atomic mass is 16.4. The zero-order chi connectivity index (χ0) is 20.9. The average Bonchev–Trinajstić information content (AvgIpc) is 2.69. The van der Waals surface area contributed by atoms with Gasteiger partial charge in [0, 0.05) is 12.6 Å². The molecule has 166 valence electrons. The Kier molecular flexibility index (Phi) is 19.8. The third kappa shape index (κ3) is 17.0. The fourth-order valence-corrected chi connectivity index (χ4v) is 3.68. The SMILES string of the molecule is CCCCCCCCCCCCCCCCCC(CN(CC=O)C(=O)O)NC. The van der Waals surface area contributed by atoms with Gasteiger partial charge < -0.3 is 15.2 Å². The molecule has 0 rings (SSSR count). The molecule has 1 atom stereocenters. The lowest BCUT2D eigenvalue weighted by molar-refractivity contribution is -0.108. The summed E-state index contributed by atoms with van der Waals surface area (Å²) in [5.74, 6) is 0. The molecule has 0 spiro atoms. The van der Waals surface area contributed by atoms with Crippen LogP contribution in [0, 0.1) is 0 Å². The van der Waals surface area contributed by atoms with E-state index >= 15 is 0 Å². The number of carbonyl (C=O) groups excluding carboxylic acids is 1. The number of rotatable bonds is 21. The second kappa shape index (κ2) is 20.6. The highest BCUT2D eigenvalue weighted by Crippen LogP contribution is 2.14. The van der Waals surface area contributed by atoms with Gasteiger partial charge in [0.25, 0.3) is 0 Å². The number of likely N-dealkylation sites (N-methyl/N-ethyl adjacent to an activating group) is 1. The van der Waals surface area contributed by atoms with Crippen molar-refractivity contribution < 1.29 is 14.7 Å². The number of hydrogen-bond donors (Lipinski definition) is 2. The van der Waals surface area contributed by atoms with Gasteiger partial charge in [-0.05, 0) is 13.5 Å². The van der Waals surface area contributed by atoms with Crippen molar-refractivity contribution in [2.45, 2.75) is 116 Å². The van der Waals surface area contributed by atoms with Crippen molar-refractivity contribution in [3.05, 3.63) is 0 Å². The molecule has 0 aliphatic rings. The first kappa shape index (κ1) is 26.9. The summed E-state index contributed by atoms with van der Waals surface area (Å²) in [4.78, 5) is 22.8. The third-order valence-electron chi connectivity index (χ3n) is 5.57. The van der Waals surface area contributed by atoms with E-state index in [0.717, 1.165) is 12.8 Å². The minimum Gasteiger partial charge on any atom is -0.465 e. The fraction of sp³-hybridized carbons (Fsp3) is 0.913. The van der Waals surface area contributed by atoms with Gasteiger partial charge in [-0.2, -0.15) is 0 Å². The van der Waals surface area contributed by atoms with Crippen LogP contribution >= 0.6 is 0 Å². The molecule has 1 unspecified atom stereocenters. The number of unbranched alkanes of at least 4 members (excludes halogenated alkanes) is 14. The maximum atomic E-state index is 11.1.